The van der Waals surface area contributed by atoms with Crippen molar-refractivity contribution in [3.8, 4) is 0 Å². The molecule has 0 unspecified atom stereocenters. The summed E-state index contributed by atoms with van der Waals surface area (Å²) in [6, 6.07) is 3.29. The van der Waals surface area contributed by atoms with Crippen molar-refractivity contribution in [3.63, 3.8) is 0 Å². The summed E-state index contributed by atoms with van der Waals surface area (Å²) in [7, 11) is -2.70. The van der Waals surface area contributed by atoms with Gasteiger partial charge in [-0.05, 0) is 24.6 Å². The Morgan fingerprint density at radius 1 is 1.47 bits per heavy atom. The normalized spacial score (nSPS) is 11.3. The Balaban J connectivity index is 2.63. The second kappa shape index (κ2) is 6.83. The smallest absolute Gasteiger partial charge is 0.305 e. The number of hydrogen-bond acceptors (Lipinski definition) is 4. The number of halogens is 2. The Bertz CT molecular complexity index is 562. The number of rotatable bonds is 6. The van der Waals surface area contributed by atoms with Crippen molar-refractivity contribution in [1.29, 1.82) is 0 Å². The van der Waals surface area contributed by atoms with Gasteiger partial charge in [0.1, 0.15) is 10.7 Å². The molecule has 0 fully saturated rings. The minimum Gasteiger partial charge on any atom is -0.469 e. The maximum absolute atomic E-state index is 13.5. The molecule has 0 radical (unpaired) electrons. The molecule has 0 bridgehead atoms. The van der Waals surface area contributed by atoms with Gasteiger partial charge in [-0.15, -0.1) is 0 Å². The van der Waals surface area contributed by atoms with E-state index in [0.717, 1.165) is 12.1 Å². The van der Waals surface area contributed by atoms with Crippen molar-refractivity contribution in [2.24, 2.45) is 0 Å². The molecule has 5 nitrogen and oxygen atoms in total. The third kappa shape index (κ3) is 4.77. The summed E-state index contributed by atoms with van der Waals surface area (Å²) in [4.78, 5) is 10.3. The summed E-state index contributed by atoms with van der Waals surface area (Å²) in [5.74, 6) is -1.36. The van der Waals surface area contributed by atoms with Crippen LogP contribution in [0.15, 0.2) is 23.1 Å². The van der Waals surface area contributed by atoms with Gasteiger partial charge in [-0.25, -0.2) is 17.5 Å². The maximum atomic E-state index is 13.5. The minimum atomic E-state index is -3.95. The van der Waals surface area contributed by atoms with Gasteiger partial charge in [0, 0.05) is 18.0 Å². The molecule has 0 saturated heterocycles. The van der Waals surface area contributed by atoms with Crippen molar-refractivity contribution in [2.75, 3.05) is 13.7 Å². The second-order valence-electron chi connectivity index (χ2n) is 3.65. The number of carbonyl (C=O) groups excluding carboxylic acids is 1. The highest BCUT2D eigenvalue weighted by atomic mass is 35.5. The van der Waals surface area contributed by atoms with Gasteiger partial charge in [0.25, 0.3) is 0 Å². The quantitative estimate of drug-likeness (QED) is 0.641. The van der Waals surface area contributed by atoms with Crippen molar-refractivity contribution in [1.82, 2.24) is 4.72 Å². The highest BCUT2D eigenvalue weighted by molar-refractivity contribution is 7.89. The van der Waals surface area contributed by atoms with E-state index in [2.05, 4.69) is 9.46 Å². The lowest BCUT2D eigenvalue weighted by Crippen LogP contribution is -2.26. The van der Waals surface area contributed by atoms with Gasteiger partial charge in [0.2, 0.25) is 10.0 Å². The number of esters is 1. The van der Waals surface area contributed by atoms with E-state index >= 15 is 0 Å². The van der Waals surface area contributed by atoms with Crippen LogP contribution in [0, 0.1) is 5.82 Å². The molecule has 0 aliphatic heterocycles. The first-order chi connectivity index (χ1) is 8.86. The molecule has 1 rings (SSSR count). The van der Waals surface area contributed by atoms with Crippen LogP contribution in [0.1, 0.15) is 12.8 Å². The van der Waals surface area contributed by atoms with Gasteiger partial charge in [-0.2, -0.15) is 0 Å². The zero-order chi connectivity index (χ0) is 14.5. The van der Waals surface area contributed by atoms with Gasteiger partial charge in [0.15, 0.2) is 0 Å². The van der Waals surface area contributed by atoms with E-state index in [1.54, 1.807) is 0 Å². The van der Waals surface area contributed by atoms with Crippen LogP contribution in [0.4, 0.5) is 4.39 Å². The molecule has 106 valence electrons. The number of ether oxygens (including phenoxy) is 1. The summed E-state index contributed by atoms with van der Waals surface area (Å²) >= 11 is 5.54. The fraction of sp³-hybridized carbons (Fsp3) is 0.364. The third-order valence-electron chi connectivity index (χ3n) is 2.26. The average Bonchev–Trinajstić information content (AvgIpc) is 2.33. The predicted molar refractivity (Wildman–Crippen MR) is 67.8 cm³/mol. The zero-order valence-electron chi connectivity index (χ0n) is 10.2. The molecule has 1 aromatic rings. The molecule has 0 atom stereocenters. The van der Waals surface area contributed by atoms with Gasteiger partial charge in [-0.3, -0.25) is 4.79 Å². The van der Waals surface area contributed by atoms with Crippen molar-refractivity contribution in [3.05, 3.63) is 29.0 Å². The van der Waals surface area contributed by atoms with Crippen LogP contribution in [-0.2, 0) is 19.6 Å². The Morgan fingerprint density at radius 3 is 2.74 bits per heavy atom. The van der Waals surface area contributed by atoms with Gasteiger partial charge >= 0.3 is 5.97 Å². The molecule has 0 heterocycles. The van der Waals surface area contributed by atoms with Crippen LogP contribution in [0.3, 0.4) is 0 Å². The van der Waals surface area contributed by atoms with Gasteiger partial charge in [0.05, 0.1) is 7.11 Å². The highest BCUT2D eigenvalue weighted by Crippen LogP contribution is 2.18. The van der Waals surface area contributed by atoms with Crippen molar-refractivity contribution >= 4 is 27.6 Å². The van der Waals surface area contributed by atoms with Crippen LogP contribution in [0.2, 0.25) is 5.02 Å². The monoisotopic (exact) mass is 309 g/mol. The number of carbonyl (C=O) groups is 1. The number of methoxy groups -OCH3 is 1. The van der Waals surface area contributed by atoms with E-state index in [1.165, 1.54) is 13.2 Å². The standard InChI is InChI=1S/C11H13ClFNO4S/c1-18-11(15)3-2-6-14-19(16,17)10-5-4-8(12)7-9(10)13/h4-5,7,14H,2-3,6H2,1H3. The fourth-order valence-electron chi connectivity index (χ4n) is 1.31. The van der Waals surface area contributed by atoms with Crippen molar-refractivity contribution < 1.29 is 22.3 Å². The second-order valence-corrected chi connectivity index (χ2v) is 5.82. The molecule has 0 aromatic heterocycles. The van der Waals surface area contributed by atoms with E-state index < -0.39 is 26.7 Å². The molecule has 0 spiro atoms. The SMILES string of the molecule is COC(=O)CCCNS(=O)(=O)c1ccc(Cl)cc1F. The molecule has 1 N–H and O–H groups in total. The summed E-state index contributed by atoms with van der Waals surface area (Å²) in [6.07, 6.45) is 0.350. The summed E-state index contributed by atoms with van der Waals surface area (Å²) in [5.41, 5.74) is 0. The van der Waals surface area contributed by atoms with E-state index in [-0.39, 0.29) is 24.4 Å². The predicted octanol–water partition coefficient (Wildman–Crippen LogP) is 1.71. The summed E-state index contributed by atoms with van der Waals surface area (Å²) in [5, 5.41) is 0.113. The lowest BCUT2D eigenvalue weighted by Gasteiger charge is -2.07. The molecule has 8 heteroatoms. The van der Waals surface area contributed by atoms with Gasteiger partial charge < -0.3 is 4.74 Å². The van der Waals surface area contributed by atoms with Crippen LogP contribution < -0.4 is 4.72 Å². The highest BCUT2D eigenvalue weighted by Gasteiger charge is 2.18. The largest absolute Gasteiger partial charge is 0.469 e. The molecule has 1 aromatic carbocycles. The van der Waals surface area contributed by atoms with E-state index in [1.807, 2.05) is 0 Å². The summed E-state index contributed by atoms with van der Waals surface area (Å²) in [6.45, 7) is 0.0134. The molecule has 0 aliphatic rings. The van der Waals surface area contributed by atoms with E-state index in [0.29, 0.717) is 0 Å². The lowest BCUT2D eigenvalue weighted by molar-refractivity contribution is -0.140. The maximum Gasteiger partial charge on any atom is 0.305 e. The minimum absolute atomic E-state index is 0.0134. The van der Waals surface area contributed by atoms with Crippen LogP contribution in [-0.4, -0.2) is 28.0 Å². The first kappa shape index (κ1) is 15.9. The van der Waals surface area contributed by atoms with E-state index in [9.17, 15) is 17.6 Å². The Morgan fingerprint density at radius 2 is 2.16 bits per heavy atom. The van der Waals surface area contributed by atoms with Crippen LogP contribution in [0.5, 0.6) is 0 Å². The number of hydrogen-bond donors (Lipinski definition) is 1. The van der Waals surface area contributed by atoms with Gasteiger partial charge in [-0.1, -0.05) is 11.6 Å². The number of sulfonamides is 1. The fourth-order valence-corrected chi connectivity index (χ4v) is 2.60. The molecular formula is C11H13ClFNO4S. The topological polar surface area (TPSA) is 72.5 Å². The Labute approximate surface area is 115 Å². The summed E-state index contributed by atoms with van der Waals surface area (Å²) < 4.78 is 43.6. The molecular weight excluding hydrogens is 297 g/mol. The Kier molecular flexibility index (Phi) is 5.71. The average molecular weight is 310 g/mol. The van der Waals surface area contributed by atoms with E-state index in [4.69, 9.17) is 11.6 Å². The Hall–Kier alpha value is -1.18. The lowest BCUT2D eigenvalue weighted by atomic mass is 10.3. The van der Waals surface area contributed by atoms with Crippen LogP contribution >= 0.6 is 11.6 Å². The molecule has 0 aliphatic carbocycles. The first-order valence-corrected chi connectivity index (χ1v) is 7.24. The molecule has 19 heavy (non-hydrogen) atoms. The first-order valence-electron chi connectivity index (χ1n) is 5.38. The number of benzene rings is 1. The van der Waals surface area contributed by atoms with Crippen molar-refractivity contribution in [2.45, 2.75) is 17.7 Å². The zero-order valence-corrected chi connectivity index (χ0v) is 11.7. The number of nitrogens with one attached hydrogen (secondary N) is 1. The molecule has 0 amide bonds. The molecule has 0 saturated carbocycles. The van der Waals surface area contributed by atoms with Crippen LogP contribution in [0.25, 0.3) is 0 Å². The third-order valence-corrected chi connectivity index (χ3v) is 3.99.